The van der Waals surface area contributed by atoms with Gasteiger partial charge in [-0.05, 0) is 0 Å². The van der Waals surface area contributed by atoms with Gasteiger partial charge in [-0.25, -0.2) is 9.98 Å². The molecule has 1 aromatic rings. The van der Waals surface area contributed by atoms with Crippen LogP contribution in [0, 0.1) is 0 Å². The maximum Gasteiger partial charge on any atom is 0.276 e. The van der Waals surface area contributed by atoms with E-state index in [1.807, 2.05) is 11.9 Å². The summed E-state index contributed by atoms with van der Waals surface area (Å²) >= 11 is 0. The van der Waals surface area contributed by atoms with Gasteiger partial charge in [0.2, 0.25) is 0 Å². The van der Waals surface area contributed by atoms with Crippen LogP contribution in [-0.4, -0.2) is 28.3 Å². The van der Waals surface area contributed by atoms with Crippen molar-refractivity contribution in [2.24, 2.45) is 4.99 Å². The fourth-order valence-electron chi connectivity index (χ4n) is 1.11. The summed E-state index contributed by atoms with van der Waals surface area (Å²) in [6.45, 7) is 0.642. The summed E-state index contributed by atoms with van der Waals surface area (Å²) in [6, 6.07) is 0. The number of aliphatic imine (C=N–C) groups is 1. The van der Waals surface area contributed by atoms with Crippen molar-refractivity contribution in [3.63, 3.8) is 0 Å². The van der Waals surface area contributed by atoms with Crippen molar-refractivity contribution in [1.82, 2.24) is 14.9 Å². The second-order valence-corrected chi connectivity index (χ2v) is 2.69. The van der Waals surface area contributed by atoms with Crippen LogP contribution in [0.25, 0.3) is 0 Å². The van der Waals surface area contributed by atoms with E-state index in [1.54, 1.807) is 6.34 Å². The summed E-state index contributed by atoms with van der Waals surface area (Å²) in [5.74, 6) is 0. The molecule has 12 heavy (non-hydrogen) atoms. The van der Waals surface area contributed by atoms with Crippen molar-refractivity contribution < 1.29 is 0 Å². The van der Waals surface area contributed by atoms with Crippen molar-refractivity contribution in [3.8, 4) is 0 Å². The molecular weight excluding hydrogens is 156 g/mol. The molecule has 1 N–H and O–H groups in total. The van der Waals surface area contributed by atoms with Crippen LogP contribution in [-0.2, 0) is 6.54 Å². The lowest BCUT2D eigenvalue weighted by Crippen LogP contribution is -2.23. The number of H-pyrrole nitrogens is 1. The van der Waals surface area contributed by atoms with Crippen LogP contribution >= 0.6 is 0 Å². The second kappa shape index (κ2) is 2.44. The molecule has 5 heteroatoms. The molecule has 0 amide bonds. The molecule has 2 rings (SSSR count). The van der Waals surface area contributed by atoms with E-state index in [4.69, 9.17) is 0 Å². The molecule has 1 aliphatic heterocycles. The Morgan fingerprint density at radius 2 is 2.50 bits per heavy atom. The molecule has 1 aliphatic rings. The predicted octanol–water partition coefficient (Wildman–Crippen LogP) is -0.125. The SMILES string of the molecule is CN1C=Nc2c(nc[nH]c2=O)C1. The van der Waals surface area contributed by atoms with E-state index < -0.39 is 0 Å². The van der Waals surface area contributed by atoms with E-state index in [9.17, 15) is 4.79 Å². The van der Waals surface area contributed by atoms with Crippen LogP contribution in [0.3, 0.4) is 0 Å². The zero-order valence-corrected chi connectivity index (χ0v) is 6.61. The molecule has 62 valence electrons. The van der Waals surface area contributed by atoms with E-state index in [1.165, 1.54) is 6.33 Å². The first kappa shape index (κ1) is 7.02. The number of rotatable bonds is 0. The maximum atomic E-state index is 11.1. The van der Waals surface area contributed by atoms with Crippen LogP contribution in [0.4, 0.5) is 5.69 Å². The van der Waals surface area contributed by atoms with Gasteiger partial charge in [-0.2, -0.15) is 0 Å². The molecule has 0 atom stereocenters. The molecule has 0 fully saturated rings. The summed E-state index contributed by atoms with van der Waals surface area (Å²) < 4.78 is 0. The summed E-state index contributed by atoms with van der Waals surface area (Å²) in [4.78, 5) is 23.5. The summed E-state index contributed by atoms with van der Waals surface area (Å²) in [5, 5.41) is 0. The van der Waals surface area contributed by atoms with E-state index in [-0.39, 0.29) is 5.56 Å². The smallest absolute Gasteiger partial charge is 0.276 e. The highest BCUT2D eigenvalue weighted by molar-refractivity contribution is 5.64. The number of hydrogen-bond donors (Lipinski definition) is 1. The molecule has 0 unspecified atom stereocenters. The molecule has 0 spiro atoms. The Kier molecular flexibility index (Phi) is 1.43. The number of fused-ring (bicyclic) bond motifs is 1. The van der Waals surface area contributed by atoms with Gasteiger partial charge in [0.05, 0.1) is 24.9 Å². The lowest BCUT2D eigenvalue weighted by atomic mass is 10.3. The Morgan fingerprint density at radius 1 is 1.67 bits per heavy atom. The third kappa shape index (κ3) is 0.990. The van der Waals surface area contributed by atoms with E-state index >= 15 is 0 Å². The molecule has 0 saturated heterocycles. The van der Waals surface area contributed by atoms with Gasteiger partial charge in [0.1, 0.15) is 0 Å². The van der Waals surface area contributed by atoms with Gasteiger partial charge in [-0.15, -0.1) is 0 Å². The van der Waals surface area contributed by atoms with Crippen molar-refractivity contribution in [2.75, 3.05) is 7.05 Å². The normalized spacial score (nSPS) is 14.6. The van der Waals surface area contributed by atoms with Crippen LogP contribution in [0.5, 0.6) is 0 Å². The first-order valence-corrected chi connectivity index (χ1v) is 3.58. The zero-order valence-electron chi connectivity index (χ0n) is 6.61. The average Bonchev–Trinajstić information content (AvgIpc) is 2.04. The standard InChI is InChI=1S/C7H8N4O/c1-11-2-5-6(10-4-11)7(12)9-3-8-5/h3-4H,2H2,1H3,(H,8,9,12). The number of nitrogens with zero attached hydrogens (tertiary/aromatic N) is 3. The lowest BCUT2D eigenvalue weighted by molar-refractivity contribution is 0.498. The van der Waals surface area contributed by atoms with Gasteiger partial charge in [-0.1, -0.05) is 0 Å². The molecule has 0 saturated carbocycles. The van der Waals surface area contributed by atoms with Crippen molar-refractivity contribution in [2.45, 2.75) is 6.54 Å². The second-order valence-electron chi connectivity index (χ2n) is 2.69. The Morgan fingerprint density at radius 3 is 3.33 bits per heavy atom. The first-order chi connectivity index (χ1) is 5.77. The molecule has 0 bridgehead atoms. The molecule has 0 radical (unpaired) electrons. The average molecular weight is 164 g/mol. The Balaban J connectivity index is 2.60. The van der Waals surface area contributed by atoms with Gasteiger partial charge < -0.3 is 9.88 Å². The van der Waals surface area contributed by atoms with Crippen molar-refractivity contribution in [1.29, 1.82) is 0 Å². The van der Waals surface area contributed by atoms with Gasteiger partial charge in [-0.3, -0.25) is 4.79 Å². The maximum absolute atomic E-state index is 11.1. The van der Waals surface area contributed by atoms with Crippen LogP contribution < -0.4 is 5.56 Å². The van der Waals surface area contributed by atoms with Crippen LogP contribution in [0.1, 0.15) is 5.69 Å². The molecule has 0 aliphatic carbocycles. The highest BCUT2D eigenvalue weighted by Gasteiger charge is 2.12. The fraction of sp³-hybridized carbons (Fsp3) is 0.286. The topological polar surface area (TPSA) is 61.4 Å². The van der Waals surface area contributed by atoms with E-state index in [0.717, 1.165) is 5.69 Å². The Bertz CT molecular complexity index is 381. The number of hydrogen-bond acceptors (Lipinski definition) is 4. The minimum atomic E-state index is -0.177. The number of aromatic amines is 1. The fourth-order valence-corrected chi connectivity index (χ4v) is 1.11. The third-order valence-electron chi connectivity index (χ3n) is 1.69. The van der Waals surface area contributed by atoms with Crippen LogP contribution in [0.2, 0.25) is 0 Å². The number of aromatic nitrogens is 2. The largest absolute Gasteiger partial charge is 0.360 e. The highest BCUT2D eigenvalue weighted by Crippen LogP contribution is 2.14. The molecule has 2 heterocycles. The third-order valence-corrected chi connectivity index (χ3v) is 1.69. The van der Waals surface area contributed by atoms with Gasteiger partial charge in [0.25, 0.3) is 5.56 Å². The van der Waals surface area contributed by atoms with E-state index in [0.29, 0.717) is 12.2 Å². The van der Waals surface area contributed by atoms with Gasteiger partial charge in [0, 0.05) is 7.05 Å². The first-order valence-electron chi connectivity index (χ1n) is 3.58. The lowest BCUT2D eigenvalue weighted by Gasteiger charge is -2.17. The van der Waals surface area contributed by atoms with Gasteiger partial charge in [0.15, 0.2) is 5.69 Å². The molecule has 5 nitrogen and oxygen atoms in total. The summed E-state index contributed by atoms with van der Waals surface area (Å²) in [5.41, 5.74) is 0.976. The predicted molar refractivity (Wildman–Crippen MR) is 44.5 cm³/mol. The molecular formula is C7H8N4O. The quantitative estimate of drug-likeness (QED) is 0.581. The van der Waals surface area contributed by atoms with Crippen molar-refractivity contribution >= 4 is 12.0 Å². The summed E-state index contributed by atoms with van der Waals surface area (Å²) in [6.07, 6.45) is 3.02. The monoisotopic (exact) mass is 164 g/mol. The minimum absolute atomic E-state index is 0.177. The highest BCUT2D eigenvalue weighted by atomic mass is 16.1. The molecule has 0 aromatic carbocycles. The minimum Gasteiger partial charge on any atom is -0.360 e. The Labute approximate surface area is 68.8 Å². The Hall–Kier alpha value is -1.65. The van der Waals surface area contributed by atoms with Crippen LogP contribution in [0.15, 0.2) is 16.1 Å². The zero-order chi connectivity index (χ0) is 8.55. The van der Waals surface area contributed by atoms with Crippen molar-refractivity contribution in [3.05, 3.63) is 22.4 Å². The molecule has 1 aromatic heterocycles. The number of nitrogens with one attached hydrogen (secondary N) is 1. The van der Waals surface area contributed by atoms with Gasteiger partial charge >= 0.3 is 0 Å². The van der Waals surface area contributed by atoms with E-state index in [2.05, 4.69) is 15.0 Å². The summed E-state index contributed by atoms with van der Waals surface area (Å²) in [7, 11) is 1.88.